The SMILES string of the molecule is C1=CC2c3cc(-c4nc(-c5cccc(-c6ccccc6)c5)nc(-c5cccc6oc7ccccc7c56)n4)ccc3OC2c2c1n(-c1ccccc1)c1ccccc21. The summed E-state index contributed by atoms with van der Waals surface area (Å²) in [5.74, 6) is 2.68. The van der Waals surface area contributed by atoms with Crippen LogP contribution in [0.15, 0.2) is 180 Å². The quantitative estimate of drug-likeness (QED) is 0.176. The first-order valence-corrected chi connectivity index (χ1v) is 19.3. The molecule has 1 aliphatic heterocycles. The van der Waals surface area contributed by atoms with Gasteiger partial charge < -0.3 is 13.7 Å². The van der Waals surface area contributed by atoms with Gasteiger partial charge in [-0.15, -0.1) is 0 Å². The zero-order chi connectivity index (χ0) is 37.5. The number of hydrogen-bond donors (Lipinski definition) is 0. The number of nitrogens with zero attached hydrogens (tertiary/aromatic N) is 4. The molecule has 10 aromatic rings. The van der Waals surface area contributed by atoms with Crippen molar-refractivity contribution in [3.05, 3.63) is 193 Å². The number of fused-ring (bicyclic) bond motifs is 10. The van der Waals surface area contributed by atoms with Gasteiger partial charge in [0.2, 0.25) is 0 Å². The van der Waals surface area contributed by atoms with Crippen molar-refractivity contribution in [2.45, 2.75) is 12.0 Å². The Balaban J connectivity index is 1.01. The van der Waals surface area contributed by atoms with E-state index in [-0.39, 0.29) is 12.0 Å². The first-order chi connectivity index (χ1) is 28.2. The van der Waals surface area contributed by atoms with Gasteiger partial charge in [-0.3, -0.25) is 0 Å². The molecule has 7 aromatic carbocycles. The minimum absolute atomic E-state index is 0.0249. The summed E-state index contributed by atoms with van der Waals surface area (Å²) in [4.78, 5) is 15.6. The molecule has 4 heterocycles. The summed E-state index contributed by atoms with van der Waals surface area (Å²) in [6, 6.07) is 58.6. The summed E-state index contributed by atoms with van der Waals surface area (Å²) in [5.41, 5.74) is 12.3. The van der Waals surface area contributed by atoms with E-state index in [1.165, 1.54) is 16.5 Å². The Morgan fingerprint density at radius 1 is 0.509 bits per heavy atom. The predicted octanol–water partition coefficient (Wildman–Crippen LogP) is 12.6. The molecule has 0 bridgehead atoms. The number of rotatable bonds is 5. The third-order valence-electron chi connectivity index (χ3n) is 11.4. The van der Waals surface area contributed by atoms with Crippen LogP contribution in [0.1, 0.15) is 28.8 Å². The van der Waals surface area contributed by atoms with E-state index in [9.17, 15) is 0 Å². The number of aromatic nitrogens is 4. The van der Waals surface area contributed by atoms with Crippen LogP contribution in [0.4, 0.5) is 0 Å². The molecule has 6 nitrogen and oxygen atoms in total. The van der Waals surface area contributed by atoms with Crippen molar-refractivity contribution in [1.29, 1.82) is 0 Å². The van der Waals surface area contributed by atoms with Crippen LogP contribution in [0.3, 0.4) is 0 Å². The van der Waals surface area contributed by atoms with E-state index in [0.717, 1.165) is 72.5 Å². The molecule has 1 aliphatic carbocycles. The second kappa shape index (κ2) is 12.5. The number of hydrogen-bond acceptors (Lipinski definition) is 5. The fourth-order valence-electron chi connectivity index (χ4n) is 8.85. The Bertz CT molecular complexity index is 3240. The summed E-state index contributed by atoms with van der Waals surface area (Å²) < 4.78 is 15.5. The standard InChI is InChI=1S/C51H32N4O2/c1-3-13-31(14-4-1)32-15-11-16-33(29-32)49-52-50(54-51(53-49)39-21-12-24-45-46(39)38-20-8-10-23-43(38)56-45)34-25-28-44-40(30-34)36-26-27-42-47(48(36)57-44)37-19-7-9-22-41(37)55(42)35-17-5-2-6-18-35/h1-30,36,48H. The first-order valence-electron chi connectivity index (χ1n) is 19.3. The van der Waals surface area contributed by atoms with Crippen LogP contribution in [-0.2, 0) is 0 Å². The molecular formula is C51H32N4O2. The minimum atomic E-state index is -0.165. The lowest BCUT2D eigenvalue weighted by molar-refractivity contribution is 0.224. The molecule has 0 spiro atoms. The zero-order valence-corrected chi connectivity index (χ0v) is 30.6. The molecule has 57 heavy (non-hydrogen) atoms. The van der Waals surface area contributed by atoms with Gasteiger partial charge in [0.1, 0.15) is 23.0 Å². The highest BCUT2D eigenvalue weighted by atomic mass is 16.5. The molecule has 6 heteroatoms. The smallest absolute Gasteiger partial charge is 0.164 e. The maximum Gasteiger partial charge on any atom is 0.164 e. The Morgan fingerprint density at radius 3 is 2.04 bits per heavy atom. The molecule has 0 radical (unpaired) electrons. The van der Waals surface area contributed by atoms with E-state index >= 15 is 0 Å². The predicted molar refractivity (Wildman–Crippen MR) is 227 cm³/mol. The fraction of sp³-hybridized carbons (Fsp3) is 0.0392. The van der Waals surface area contributed by atoms with Crippen LogP contribution in [0.5, 0.6) is 5.75 Å². The van der Waals surface area contributed by atoms with Gasteiger partial charge in [0.25, 0.3) is 0 Å². The summed E-state index contributed by atoms with van der Waals surface area (Å²) in [6.07, 6.45) is 4.40. The molecule has 12 rings (SSSR count). The molecule has 2 atom stereocenters. The van der Waals surface area contributed by atoms with Gasteiger partial charge in [-0.1, -0.05) is 121 Å². The monoisotopic (exact) mass is 732 g/mol. The second-order valence-electron chi connectivity index (χ2n) is 14.7. The average molecular weight is 733 g/mol. The molecule has 0 N–H and O–H groups in total. The van der Waals surface area contributed by atoms with Crippen molar-refractivity contribution in [3.63, 3.8) is 0 Å². The average Bonchev–Trinajstić information content (AvgIpc) is 3.96. The van der Waals surface area contributed by atoms with Crippen molar-refractivity contribution in [1.82, 2.24) is 19.5 Å². The Labute approximate surface area is 328 Å². The van der Waals surface area contributed by atoms with Crippen LogP contribution in [-0.4, -0.2) is 19.5 Å². The topological polar surface area (TPSA) is 66.0 Å². The molecule has 0 amide bonds. The van der Waals surface area contributed by atoms with E-state index in [4.69, 9.17) is 24.1 Å². The lowest BCUT2D eigenvalue weighted by Gasteiger charge is -2.22. The third-order valence-corrected chi connectivity index (χ3v) is 11.4. The molecule has 2 aliphatic rings. The van der Waals surface area contributed by atoms with Crippen molar-refractivity contribution < 1.29 is 9.15 Å². The number of ether oxygens (including phenoxy) is 1. The van der Waals surface area contributed by atoms with E-state index in [1.807, 2.05) is 36.4 Å². The van der Waals surface area contributed by atoms with Gasteiger partial charge in [0.15, 0.2) is 17.5 Å². The van der Waals surface area contributed by atoms with Gasteiger partial charge in [0.05, 0.1) is 11.2 Å². The Morgan fingerprint density at radius 2 is 1.18 bits per heavy atom. The second-order valence-corrected chi connectivity index (χ2v) is 14.7. The van der Waals surface area contributed by atoms with Gasteiger partial charge in [-0.2, -0.15) is 0 Å². The van der Waals surface area contributed by atoms with Gasteiger partial charge in [0, 0.05) is 55.6 Å². The van der Waals surface area contributed by atoms with E-state index in [1.54, 1.807) is 0 Å². The molecule has 2 unspecified atom stereocenters. The maximum atomic E-state index is 6.88. The van der Waals surface area contributed by atoms with Crippen molar-refractivity contribution >= 4 is 38.9 Å². The first kappa shape index (κ1) is 31.7. The van der Waals surface area contributed by atoms with Crippen LogP contribution in [0.25, 0.3) is 89.9 Å². The molecule has 0 saturated carbocycles. The maximum absolute atomic E-state index is 6.88. The Hall–Kier alpha value is -7.57. The van der Waals surface area contributed by atoms with Crippen LogP contribution >= 0.6 is 0 Å². The largest absolute Gasteiger partial charge is 0.484 e. The summed E-state index contributed by atoms with van der Waals surface area (Å²) >= 11 is 0. The molecule has 0 fully saturated rings. The molecule has 0 saturated heterocycles. The normalized spacial score (nSPS) is 15.4. The van der Waals surface area contributed by atoms with Gasteiger partial charge in [-0.25, -0.2) is 15.0 Å². The summed E-state index contributed by atoms with van der Waals surface area (Å²) in [5, 5.41) is 3.21. The third kappa shape index (κ3) is 5.00. The van der Waals surface area contributed by atoms with Gasteiger partial charge >= 0.3 is 0 Å². The van der Waals surface area contributed by atoms with Crippen molar-refractivity contribution in [2.24, 2.45) is 0 Å². The van der Waals surface area contributed by atoms with Crippen LogP contribution in [0, 0.1) is 0 Å². The molecule has 3 aromatic heterocycles. The van der Waals surface area contributed by atoms with E-state index < -0.39 is 0 Å². The number of benzene rings is 7. The lowest BCUT2D eigenvalue weighted by atomic mass is 9.85. The number of furan rings is 1. The zero-order valence-electron chi connectivity index (χ0n) is 30.6. The summed E-state index contributed by atoms with van der Waals surface area (Å²) in [7, 11) is 0. The highest BCUT2D eigenvalue weighted by Crippen LogP contribution is 2.53. The van der Waals surface area contributed by atoms with Crippen LogP contribution < -0.4 is 4.74 Å². The minimum Gasteiger partial charge on any atom is -0.484 e. The highest BCUT2D eigenvalue weighted by Gasteiger charge is 2.40. The molecule has 268 valence electrons. The van der Waals surface area contributed by atoms with Crippen LogP contribution in [0.2, 0.25) is 0 Å². The van der Waals surface area contributed by atoms with E-state index in [0.29, 0.717) is 17.5 Å². The summed E-state index contributed by atoms with van der Waals surface area (Å²) in [6.45, 7) is 0. The van der Waals surface area contributed by atoms with Gasteiger partial charge in [-0.05, 0) is 71.8 Å². The molecular weight excluding hydrogens is 701 g/mol. The highest BCUT2D eigenvalue weighted by molar-refractivity contribution is 6.11. The van der Waals surface area contributed by atoms with E-state index in [2.05, 4.69) is 150 Å². The fourth-order valence-corrected chi connectivity index (χ4v) is 8.85. The van der Waals surface area contributed by atoms with Crippen molar-refractivity contribution in [2.75, 3.05) is 0 Å². The Kier molecular flexibility index (Phi) is 6.95. The lowest BCUT2D eigenvalue weighted by Crippen LogP contribution is -2.13. The number of para-hydroxylation sites is 3. The van der Waals surface area contributed by atoms with Crippen molar-refractivity contribution in [3.8, 4) is 56.7 Å².